The Bertz CT molecular complexity index is 787. The monoisotopic (exact) mass is 286 g/mol. The highest BCUT2D eigenvalue weighted by Crippen LogP contribution is 2.33. The molecular weight excluding hydrogens is 272 g/mol. The lowest BCUT2D eigenvalue weighted by Crippen LogP contribution is -2.06. The average Bonchev–Trinajstić information content (AvgIpc) is 2.93. The highest BCUT2D eigenvalue weighted by molar-refractivity contribution is 7.17. The van der Waals surface area contributed by atoms with E-state index in [2.05, 4.69) is 4.98 Å². The lowest BCUT2D eigenvalue weighted by Gasteiger charge is -2.04. The molecule has 5 heteroatoms. The zero-order valence-corrected chi connectivity index (χ0v) is 12.1. The number of carboxylic acids is 1. The molecule has 1 aromatic carbocycles. The van der Waals surface area contributed by atoms with Crippen LogP contribution in [0.15, 0.2) is 30.3 Å². The second-order valence-electron chi connectivity index (χ2n) is 4.56. The first-order valence-electron chi connectivity index (χ1n) is 6.43. The van der Waals surface area contributed by atoms with Crippen molar-refractivity contribution in [2.75, 3.05) is 0 Å². The number of thiazole rings is 1. The largest absolute Gasteiger partial charge is 0.477 e. The van der Waals surface area contributed by atoms with Crippen LogP contribution in [0.4, 0.5) is 0 Å². The van der Waals surface area contributed by atoms with Gasteiger partial charge in [-0.3, -0.25) is 4.40 Å². The van der Waals surface area contributed by atoms with Crippen molar-refractivity contribution >= 4 is 22.3 Å². The molecule has 2 aromatic heterocycles. The molecule has 3 aromatic rings. The van der Waals surface area contributed by atoms with Crippen LogP contribution in [0, 0.1) is 6.92 Å². The summed E-state index contributed by atoms with van der Waals surface area (Å²) in [4.78, 5) is 17.9. The summed E-state index contributed by atoms with van der Waals surface area (Å²) in [6.45, 7) is 3.92. The standard InChI is InChI=1S/C15H14N2O2S/c1-3-11-13(14(18)19)17-12(9(2)20-15(17)16-11)10-7-5-4-6-8-10/h4-8H,3H2,1-2H3,(H,18,19). The minimum absolute atomic E-state index is 0.283. The van der Waals surface area contributed by atoms with Crippen molar-refractivity contribution < 1.29 is 9.90 Å². The lowest BCUT2D eigenvalue weighted by molar-refractivity contribution is 0.0688. The highest BCUT2D eigenvalue weighted by Gasteiger charge is 2.23. The van der Waals surface area contributed by atoms with Gasteiger partial charge in [-0.05, 0) is 18.9 Å². The first kappa shape index (κ1) is 12.9. The number of nitrogens with zero attached hydrogens (tertiary/aromatic N) is 2. The van der Waals surface area contributed by atoms with E-state index < -0.39 is 5.97 Å². The number of rotatable bonds is 3. The second-order valence-corrected chi connectivity index (χ2v) is 5.74. The molecule has 3 rings (SSSR count). The van der Waals surface area contributed by atoms with Crippen LogP contribution in [-0.4, -0.2) is 20.5 Å². The van der Waals surface area contributed by atoms with Gasteiger partial charge in [-0.1, -0.05) is 37.3 Å². The number of hydrogen-bond donors (Lipinski definition) is 1. The Morgan fingerprint density at radius 2 is 2.05 bits per heavy atom. The van der Waals surface area contributed by atoms with E-state index in [1.165, 1.54) is 11.3 Å². The Labute approximate surface area is 120 Å². The minimum Gasteiger partial charge on any atom is -0.477 e. The number of carbonyl (C=O) groups is 1. The third kappa shape index (κ3) is 1.82. The molecule has 2 heterocycles. The Hall–Kier alpha value is -2.14. The Morgan fingerprint density at radius 3 is 2.65 bits per heavy atom. The van der Waals surface area contributed by atoms with E-state index in [-0.39, 0.29) is 5.69 Å². The molecule has 0 spiro atoms. The first-order valence-corrected chi connectivity index (χ1v) is 7.24. The molecule has 0 aliphatic carbocycles. The molecule has 1 N–H and O–H groups in total. The van der Waals surface area contributed by atoms with Crippen molar-refractivity contribution in [3.05, 3.63) is 46.6 Å². The van der Waals surface area contributed by atoms with Crippen LogP contribution in [0.1, 0.15) is 28.0 Å². The van der Waals surface area contributed by atoms with Gasteiger partial charge in [-0.25, -0.2) is 9.78 Å². The molecule has 0 saturated carbocycles. The maximum absolute atomic E-state index is 11.6. The second kappa shape index (κ2) is 4.76. The normalized spacial score (nSPS) is 11.1. The summed E-state index contributed by atoms with van der Waals surface area (Å²) in [5.74, 6) is -0.927. The summed E-state index contributed by atoms with van der Waals surface area (Å²) >= 11 is 1.53. The zero-order valence-electron chi connectivity index (χ0n) is 11.3. The number of aryl methyl sites for hydroxylation is 2. The number of carboxylic acid groups (broad SMARTS) is 1. The number of aromatic carboxylic acids is 1. The van der Waals surface area contributed by atoms with Crippen molar-refractivity contribution in [1.29, 1.82) is 0 Å². The summed E-state index contributed by atoms with van der Waals surface area (Å²) in [6, 6.07) is 9.84. The Morgan fingerprint density at radius 1 is 1.35 bits per heavy atom. The van der Waals surface area contributed by atoms with Gasteiger partial charge in [-0.15, -0.1) is 11.3 Å². The van der Waals surface area contributed by atoms with Gasteiger partial charge in [0, 0.05) is 4.88 Å². The van der Waals surface area contributed by atoms with E-state index in [0.29, 0.717) is 12.1 Å². The van der Waals surface area contributed by atoms with Gasteiger partial charge in [0.25, 0.3) is 0 Å². The number of aromatic nitrogens is 2. The van der Waals surface area contributed by atoms with E-state index in [4.69, 9.17) is 0 Å². The Balaban J connectivity index is 2.40. The number of imidazole rings is 1. The quantitative estimate of drug-likeness (QED) is 0.800. The topological polar surface area (TPSA) is 54.6 Å². The number of benzene rings is 1. The average molecular weight is 286 g/mol. The smallest absolute Gasteiger partial charge is 0.354 e. The summed E-state index contributed by atoms with van der Waals surface area (Å²) < 4.78 is 1.77. The van der Waals surface area contributed by atoms with Crippen LogP contribution in [-0.2, 0) is 6.42 Å². The van der Waals surface area contributed by atoms with E-state index in [1.807, 2.05) is 44.2 Å². The van der Waals surface area contributed by atoms with Gasteiger partial charge in [0.05, 0.1) is 11.4 Å². The molecule has 20 heavy (non-hydrogen) atoms. The van der Waals surface area contributed by atoms with E-state index >= 15 is 0 Å². The summed E-state index contributed by atoms with van der Waals surface area (Å²) in [5.41, 5.74) is 2.86. The zero-order chi connectivity index (χ0) is 14.3. The highest BCUT2D eigenvalue weighted by atomic mass is 32.1. The van der Waals surface area contributed by atoms with Gasteiger partial charge in [0.1, 0.15) is 0 Å². The maximum atomic E-state index is 11.6. The molecular formula is C15H14N2O2S. The van der Waals surface area contributed by atoms with Crippen LogP contribution in [0.3, 0.4) is 0 Å². The van der Waals surface area contributed by atoms with Crippen LogP contribution in [0.25, 0.3) is 16.2 Å². The molecule has 0 radical (unpaired) electrons. The summed E-state index contributed by atoms with van der Waals surface area (Å²) in [5, 5.41) is 9.51. The Kier molecular flexibility index (Phi) is 3.06. The lowest BCUT2D eigenvalue weighted by atomic mass is 10.1. The molecule has 0 aliphatic heterocycles. The number of fused-ring (bicyclic) bond motifs is 1. The molecule has 102 valence electrons. The maximum Gasteiger partial charge on any atom is 0.354 e. The van der Waals surface area contributed by atoms with Crippen LogP contribution < -0.4 is 0 Å². The fourth-order valence-electron chi connectivity index (χ4n) is 2.46. The number of hydrogen-bond acceptors (Lipinski definition) is 3. The summed E-state index contributed by atoms with van der Waals surface area (Å²) in [7, 11) is 0. The van der Waals surface area contributed by atoms with Gasteiger partial charge >= 0.3 is 5.97 Å². The van der Waals surface area contributed by atoms with Gasteiger partial charge in [0.15, 0.2) is 10.7 Å². The SMILES string of the molecule is CCc1nc2sc(C)c(-c3ccccc3)n2c1C(=O)O. The van der Waals surface area contributed by atoms with E-state index in [0.717, 1.165) is 21.1 Å². The first-order chi connectivity index (χ1) is 9.63. The van der Waals surface area contributed by atoms with Crippen LogP contribution in [0.5, 0.6) is 0 Å². The third-order valence-electron chi connectivity index (χ3n) is 3.31. The molecule has 0 saturated heterocycles. The fraction of sp³-hybridized carbons (Fsp3) is 0.200. The predicted molar refractivity (Wildman–Crippen MR) is 79.6 cm³/mol. The van der Waals surface area contributed by atoms with Crippen molar-refractivity contribution in [3.63, 3.8) is 0 Å². The van der Waals surface area contributed by atoms with Crippen LogP contribution >= 0.6 is 11.3 Å². The van der Waals surface area contributed by atoms with Crippen molar-refractivity contribution in [2.45, 2.75) is 20.3 Å². The van der Waals surface area contributed by atoms with Crippen LogP contribution in [0.2, 0.25) is 0 Å². The molecule has 4 nitrogen and oxygen atoms in total. The van der Waals surface area contributed by atoms with Crippen molar-refractivity contribution in [3.8, 4) is 11.3 Å². The van der Waals surface area contributed by atoms with Gasteiger partial charge in [0.2, 0.25) is 0 Å². The molecule has 0 unspecified atom stereocenters. The van der Waals surface area contributed by atoms with Gasteiger partial charge < -0.3 is 5.11 Å². The molecule has 0 amide bonds. The van der Waals surface area contributed by atoms with Gasteiger partial charge in [-0.2, -0.15) is 0 Å². The molecule has 0 bridgehead atoms. The minimum atomic E-state index is -0.927. The molecule has 0 atom stereocenters. The molecule has 0 fully saturated rings. The molecule has 0 aliphatic rings. The van der Waals surface area contributed by atoms with Crippen molar-refractivity contribution in [2.24, 2.45) is 0 Å². The van der Waals surface area contributed by atoms with E-state index in [1.54, 1.807) is 4.40 Å². The fourth-order valence-corrected chi connectivity index (χ4v) is 3.47. The predicted octanol–water partition coefficient (Wildman–Crippen LogP) is 3.63. The third-order valence-corrected chi connectivity index (χ3v) is 4.26. The van der Waals surface area contributed by atoms with Crippen molar-refractivity contribution in [1.82, 2.24) is 9.38 Å². The summed E-state index contributed by atoms with van der Waals surface area (Å²) in [6.07, 6.45) is 0.614. The van der Waals surface area contributed by atoms with E-state index in [9.17, 15) is 9.90 Å².